The van der Waals surface area contributed by atoms with Gasteiger partial charge in [0.15, 0.2) is 5.78 Å². The number of nitrogens with one attached hydrogen (secondary N) is 1. The predicted molar refractivity (Wildman–Crippen MR) is 108 cm³/mol. The van der Waals surface area contributed by atoms with Crippen LogP contribution in [0.2, 0.25) is 0 Å². The summed E-state index contributed by atoms with van der Waals surface area (Å²) in [5.74, 6) is 0.626. The largest absolute Gasteiger partial charge is 0.448 e. The minimum Gasteiger partial charge on any atom is -0.448 e. The summed E-state index contributed by atoms with van der Waals surface area (Å²) in [6, 6.07) is 11.3. The van der Waals surface area contributed by atoms with E-state index in [0.29, 0.717) is 28.3 Å². The molecule has 0 bridgehead atoms. The monoisotopic (exact) mass is 400 g/mol. The molecule has 5 nitrogen and oxygen atoms in total. The molecule has 0 saturated carbocycles. The van der Waals surface area contributed by atoms with Crippen molar-refractivity contribution in [1.82, 2.24) is 0 Å². The van der Waals surface area contributed by atoms with Crippen LogP contribution in [0, 0.1) is 16.7 Å². The zero-order chi connectivity index (χ0) is 19.4. The number of hydrogen-bond donors (Lipinski definition) is 1. The summed E-state index contributed by atoms with van der Waals surface area (Å²) in [4.78, 5) is 25.0. The Morgan fingerprint density at radius 3 is 2.78 bits per heavy atom. The molecular formula is C20H20N2O3S2. The van der Waals surface area contributed by atoms with Gasteiger partial charge < -0.3 is 4.74 Å². The average Bonchev–Trinajstić information content (AvgIpc) is 2.96. The molecule has 1 amide bonds. The fourth-order valence-electron chi connectivity index (χ4n) is 3.09. The summed E-state index contributed by atoms with van der Waals surface area (Å²) in [7, 11) is 0. The highest BCUT2D eigenvalue weighted by molar-refractivity contribution is 8.01. The normalized spacial score (nSPS) is 14.9. The van der Waals surface area contributed by atoms with Gasteiger partial charge in [-0.2, -0.15) is 5.26 Å². The Hall–Kier alpha value is -2.30. The fraction of sp³-hybridized carbons (Fsp3) is 0.350. The van der Waals surface area contributed by atoms with Gasteiger partial charge in [0, 0.05) is 23.4 Å². The third-order valence-corrected chi connectivity index (χ3v) is 6.59. The van der Waals surface area contributed by atoms with E-state index < -0.39 is 6.09 Å². The first-order valence-electron chi connectivity index (χ1n) is 8.60. The van der Waals surface area contributed by atoms with Gasteiger partial charge >= 0.3 is 6.09 Å². The van der Waals surface area contributed by atoms with Gasteiger partial charge in [-0.15, -0.1) is 23.1 Å². The molecule has 7 heteroatoms. The highest BCUT2D eigenvalue weighted by atomic mass is 32.2. The number of amides is 1. The Morgan fingerprint density at radius 1 is 1.33 bits per heavy atom. The number of thiophene rings is 1. The van der Waals surface area contributed by atoms with E-state index in [2.05, 4.69) is 25.2 Å². The molecular weight excluding hydrogens is 380 g/mol. The number of thioether (sulfide) groups is 1. The minimum atomic E-state index is -0.509. The van der Waals surface area contributed by atoms with Gasteiger partial charge in [-0.1, -0.05) is 32.0 Å². The maximum atomic E-state index is 12.6. The van der Waals surface area contributed by atoms with Gasteiger partial charge in [0.1, 0.15) is 17.6 Å². The smallest absolute Gasteiger partial charge is 0.411 e. The van der Waals surface area contributed by atoms with Gasteiger partial charge in [-0.05, 0) is 29.5 Å². The van der Waals surface area contributed by atoms with Gasteiger partial charge in [0.2, 0.25) is 0 Å². The molecule has 140 valence electrons. The Kier molecular flexibility index (Phi) is 5.88. The average molecular weight is 401 g/mol. The number of carbonyl (C=O) groups is 2. The number of Topliss-reactive ketones (excluding diaryl/α,β-unsaturated/α-hetero) is 1. The number of nitriles is 1. The van der Waals surface area contributed by atoms with Crippen LogP contribution >= 0.6 is 23.1 Å². The first-order chi connectivity index (χ1) is 12.9. The van der Waals surface area contributed by atoms with Crippen LogP contribution in [0.1, 0.15) is 41.1 Å². The number of anilines is 1. The molecule has 0 atom stereocenters. The Morgan fingerprint density at radius 2 is 2.07 bits per heavy atom. The van der Waals surface area contributed by atoms with Crippen molar-refractivity contribution in [3.05, 3.63) is 46.3 Å². The number of nitrogens with zero attached hydrogens (tertiary/aromatic N) is 1. The number of ketones is 1. The molecule has 1 aliphatic carbocycles. The van der Waals surface area contributed by atoms with Crippen molar-refractivity contribution in [1.29, 1.82) is 5.26 Å². The van der Waals surface area contributed by atoms with E-state index in [9.17, 15) is 14.9 Å². The van der Waals surface area contributed by atoms with Gasteiger partial charge in [-0.25, -0.2) is 4.79 Å². The molecule has 0 aliphatic heterocycles. The molecule has 0 unspecified atom stereocenters. The van der Waals surface area contributed by atoms with E-state index in [4.69, 9.17) is 4.74 Å². The zero-order valence-electron chi connectivity index (χ0n) is 15.2. The lowest BCUT2D eigenvalue weighted by atomic mass is 9.74. The summed E-state index contributed by atoms with van der Waals surface area (Å²) >= 11 is 2.83. The van der Waals surface area contributed by atoms with Crippen molar-refractivity contribution in [3.8, 4) is 6.07 Å². The second kappa shape index (κ2) is 8.15. The van der Waals surface area contributed by atoms with Crippen molar-refractivity contribution >= 4 is 40.7 Å². The molecule has 1 heterocycles. The van der Waals surface area contributed by atoms with Crippen LogP contribution in [0.5, 0.6) is 0 Å². The Bertz CT molecular complexity index is 898. The summed E-state index contributed by atoms with van der Waals surface area (Å²) in [6.45, 7) is 4.33. The standard InChI is InChI=1S/C20H20N2O3S2/c1-20(2)10-14-16(12-21)27-18(17(14)15(23)11-20)26-9-8-25-19(24)22-13-6-4-3-5-7-13/h3-7H,8-11H2,1-2H3,(H,22,24). The van der Waals surface area contributed by atoms with E-state index in [0.717, 1.165) is 16.2 Å². The lowest BCUT2D eigenvalue weighted by Crippen LogP contribution is -2.26. The SMILES string of the molecule is CC1(C)CC(=O)c2c(SCCOC(=O)Nc3ccccc3)sc(C#N)c2C1. The van der Waals surface area contributed by atoms with Gasteiger partial charge in [-0.3, -0.25) is 10.1 Å². The van der Waals surface area contributed by atoms with Crippen LogP contribution < -0.4 is 5.32 Å². The molecule has 1 N–H and O–H groups in total. The third-order valence-electron chi connectivity index (χ3n) is 4.22. The van der Waals surface area contributed by atoms with Crippen molar-refractivity contribution < 1.29 is 14.3 Å². The first kappa shape index (κ1) is 19.5. The van der Waals surface area contributed by atoms with Crippen LogP contribution in [0.4, 0.5) is 10.5 Å². The number of ether oxygens (including phenoxy) is 1. The lowest BCUT2D eigenvalue weighted by Gasteiger charge is -2.29. The molecule has 1 aromatic heterocycles. The number of benzene rings is 1. The lowest BCUT2D eigenvalue weighted by molar-refractivity contribution is 0.0910. The quantitative estimate of drug-likeness (QED) is 0.557. The summed E-state index contributed by atoms with van der Waals surface area (Å²) in [6.07, 6.45) is 0.723. The molecule has 0 fully saturated rings. The number of fused-ring (bicyclic) bond motifs is 1. The molecule has 0 spiro atoms. The van der Waals surface area contributed by atoms with Gasteiger partial charge in [0.05, 0.1) is 4.21 Å². The molecule has 1 aromatic carbocycles. The van der Waals surface area contributed by atoms with Crippen molar-refractivity contribution in [2.75, 3.05) is 17.7 Å². The maximum Gasteiger partial charge on any atom is 0.411 e. The third kappa shape index (κ3) is 4.71. The van der Waals surface area contributed by atoms with Crippen LogP contribution in [0.3, 0.4) is 0 Å². The van der Waals surface area contributed by atoms with Crippen LogP contribution in [-0.2, 0) is 11.2 Å². The predicted octanol–water partition coefficient (Wildman–Crippen LogP) is 5.12. The molecule has 3 rings (SSSR count). The number of rotatable bonds is 5. The van der Waals surface area contributed by atoms with E-state index in [1.54, 1.807) is 12.1 Å². The van der Waals surface area contributed by atoms with Crippen molar-refractivity contribution in [2.45, 2.75) is 30.9 Å². The second-order valence-electron chi connectivity index (χ2n) is 7.10. The second-order valence-corrected chi connectivity index (χ2v) is 9.48. The summed E-state index contributed by atoms with van der Waals surface area (Å²) in [5.41, 5.74) is 2.15. The molecule has 2 aromatic rings. The van der Waals surface area contributed by atoms with E-state index in [1.807, 2.05) is 18.2 Å². The Balaban J connectivity index is 1.58. The molecule has 0 saturated heterocycles. The molecule has 1 aliphatic rings. The zero-order valence-corrected chi connectivity index (χ0v) is 16.8. The molecule has 0 radical (unpaired) electrons. The molecule has 27 heavy (non-hydrogen) atoms. The fourth-order valence-corrected chi connectivity index (χ4v) is 5.43. The highest BCUT2D eigenvalue weighted by Crippen LogP contribution is 2.44. The minimum absolute atomic E-state index is 0.101. The van der Waals surface area contributed by atoms with E-state index in [-0.39, 0.29) is 17.8 Å². The van der Waals surface area contributed by atoms with Crippen molar-refractivity contribution in [3.63, 3.8) is 0 Å². The van der Waals surface area contributed by atoms with Gasteiger partial charge in [0.25, 0.3) is 0 Å². The van der Waals surface area contributed by atoms with E-state index >= 15 is 0 Å². The Labute approximate surface area is 166 Å². The van der Waals surface area contributed by atoms with Crippen molar-refractivity contribution in [2.24, 2.45) is 5.41 Å². The number of hydrogen-bond acceptors (Lipinski definition) is 6. The van der Waals surface area contributed by atoms with Crippen LogP contribution in [-0.4, -0.2) is 24.2 Å². The maximum absolute atomic E-state index is 12.6. The first-order valence-corrected chi connectivity index (χ1v) is 10.4. The number of para-hydroxylation sites is 1. The number of carbonyl (C=O) groups excluding carboxylic acids is 2. The van der Waals surface area contributed by atoms with Crippen LogP contribution in [0.25, 0.3) is 0 Å². The summed E-state index contributed by atoms with van der Waals surface area (Å²) in [5, 5.41) is 12.1. The topological polar surface area (TPSA) is 79.2 Å². The van der Waals surface area contributed by atoms with Crippen LogP contribution in [0.15, 0.2) is 34.5 Å². The highest BCUT2D eigenvalue weighted by Gasteiger charge is 2.36. The summed E-state index contributed by atoms with van der Waals surface area (Å²) < 4.78 is 6.04. The van der Waals surface area contributed by atoms with E-state index in [1.165, 1.54) is 23.1 Å².